The number of ether oxygens (including phenoxy) is 1. The molecular formula is C15H20N2O2. The monoisotopic (exact) mass is 260 g/mol. The molecule has 1 aromatic carbocycles. The first-order chi connectivity index (χ1) is 9.22. The van der Waals surface area contributed by atoms with Crippen molar-refractivity contribution in [2.24, 2.45) is 11.7 Å². The van der Waals surface area contributed by atoms with Gasteiger partial charge in [0.05, 0.1) is 6.61 Å². The van der Waals surface area contributed by atoms with Gasteiger partial charge in [0.25, 0.3) is 0 Å². The van der Waals surface area contributed by atoms with Gasteiger partial charge in [-0.05, 0) is 49.4 Å². The first kappa shape index (κ1) is 12.5. The van der Waals surface area contributed by atoms with E-state index in [0.717, 1.165) is 50.1 Å². The number of hydrogen-bond acceptors (Lipinski definition) is 3. The highest BCUT2D eigenvalue weighted by Gasteiger charge is 2.24. The van der Waals surface area contributed by atoms with Gasteiger partial charge in [-0.3, -0.25) is 4.79 Å². The number of amides is 1. The lowest BCUT2D eigenvalue weighted by atomic mass is 9.86. The van der Waals surface area contributed by atoms with Crippen LogP contribution in [-0.4, -0.2) is 18.6 Å². The Bertz CT molecular complexity index is 479. The van der Waals surface area contributed by atoms with Crippen molar-refractivity contribution in [3.05, 3.63) is 23.8 Å². The van der Waals surface area contributed by atoms with Gasteiger partial charge in [-0.25, -0.2) is 0 Å². The van der Waals surface area contributed by atoms with Crippen LogP contribution in [0.15, 0.2) is 18.2 Å². The first-order valence-electron chi connectivity index (χ1n) is 7.04. The Morgan fingerprint density at radius 2 is 2.05 bits per heavy atom. The van der Waals surface area contributed by atoms with Crippen LogP contribution in [0.1, 0.15) is 31.2 Å². The molecule has 102 valence electrons. The van der Waals surface area contributed by atoms with Crippen molar-refractivity contribution in [2.45, 2.75) is 38.1 Å². The maximum absolute atomic E-state index is 12.2. The fourth-order valence-corrected chi connectivity index (χ4v) is 2.89. The molecule has 0 bridgehead atoms. The minimum absolute atomic E-state index is 0.115. The minimum Gasteiger partial charge on any atom is -0.493 e. The second-order valence-corrected chi connectivity index (χ2v) is 5.52. The van der Waals surface area contributed by atoms with E-state index in [1.54, 1.807) is 0 Å². The molecule has 0 spiro atoms. The summed E-state index contributed by atoms with van der Waals surface area (Å²) in [5, 5.41) is 3.02. The highest BCUT2D eigenvalue weighted by molar-refractivity contribution is 5.92. The van der Waals surface area contributed by atoms with E-state index in [1.807, 2.05) is 18.2 Å². The van der Waals surface area contributed by atoms with Crippen LogP contribution < -0.4 is 15.8 Å². The van der Waals surface area contributed by atoms with Crippen molar-refractivity contribution < 1.29 is 9.53 Å². The van der Waals surface area contributed by atoms with Crippen LogP contribution in [0.3, 0.4) is 0 Å². The molecule has 19 heavy (non-hydrogen) atoms. The SMILES string of the molecule is NC1CCC(C(=O)Nc2ccc3c(c2)CCO3)CC1. The Labute approximate surface area is 113 Å². The third kappa shape index (κ3) is 2.73. The topological polar surface area (TPSA) is 64.4 Å². The van der Waals surface area contributed by atoms with Gasteiger partial charge in [-0.1, -0.05) is 0 Å². The van der Waals surface area contributed by atoms with Crippen LogP contribution >= 0.6 is 0 Å². The van der Waals surface area contributed by atoms with Gasteiger partial charge in [-0.2, -0.15) is 0 Å². The van der Waals surface area contributed by atoms with E-state index < -0.39 is 0 Å². The molecule has 1 aromatic rings. The molecule has 3 rings (SSSR count). The summed E-state index contributed by atoms with van der Waals surface area (Å²) in [5.41, 5.74) is 7.93. The molecule has 0 atom stereocenters. The first-order valence-corrected chi connectivity index (χ1v) is 7.04. The molecule has 4 nitrogen and oxygen atoms in total. The Balaban J connectivity index is 1.63. The number of carbonyl (C=O) groups is 1. The molecule has 1 aliphatic carbocycles. The zero-order chi connectivity index (χ0) is 13.2. The smallest absolute Gasteiger partial charge is 0.227 e. The second kappa shape index (κ2) is 5.21. The van der Waals surface area contributed by atoms with E-state index in [9.17, 15) is 4.79 Å². The van der Waals surface area contributed by atoms with Gasteiger partial charge < -0.3 is 15.8 Å². The molecule has 2 aliphatic rings. The van der Waals surface area contributed by atoms with Crippen LogP contribution in [0.5, 0.6) is 5.75 Å². The minimum atomic E-state index is 0.115. The highest BCUT2D eigenvalue weighted by Crippen LogP contribution is 2.29. The highest BCUT2D eigenvalue weighted by atomic mass is 16.5. The van der Waals surface area contributed by atoms with Gasteiger partial charge in [0.2, 0.25) is 5.91 Å². The van der Waals surface area contributed by atoms with Crippen molar-refractivity contribution in [1.29, 1.82) is 0 Å². The summed E-state index contributed by atoms with van der Waals surface area (Å²) in [6.07, 6.45) is 4.64. The molecule has 1 aliphatic heterocycles. The summed E-state index contributed by atoms with van der Waals surface area (Å²) in [7, 11) is 0. The number of rotatable bonds is 2. The van der Waals surface area contributed by atoms with Gasteiger partial charge >= 0.3 is 0 Å². The zero-order valence-electron chi connectivity index (χ0n) is 11.0. The zero-order valence-corrected chi connectivity index (χ0v) is 11.0. The summed E-state index contributed by atoms with van der Waals surface area (Å²) in [5.74, 6) is 1.19. The van der Waals surface area contributed by atoms with Gasteiger partial charge in [0.15, 0.2) is 0 Å². The fourth-order valence-electron chi connectivity index (χ4n) is 2.89. The normalized spacial score (nSPS) is 25.5. The van der Waals surface area contributed by atoms with Gasteiger partial charge in [0, 0.05) is 24.1 Å². The number of fused-ring (bicyclic) bond motifs is 1. The molecule has 3 N–H and O–H groups in total. The molecular weight excluding hydrogens is 240 g/mol. The summed E-state index contributed by atoms with van der Waals surface area (Å²) < 4.78 is 5.46. The van der Waals surface area contributed by atoms with Crippen LogP contribution in [-0.2, 0) is 11.2 Å². The van der Waals surface area contributed by atoms with Crippen molar-refractivity contribution >= 4 is 11.6 Å². The van der Waals surface area contributed by atoms with E-state index in [-0.39, 0.29) is 17.9 Å². The van der Waals surface area contributed by atoms with Crippen LogP contribution in [0.4, 0.5) is 5.69 Å². The predicted molar refractivity (Wildman–Crippen MR) is 74.2 cm³/mol. The second-order valence-electron chi connectivity index (χ2n) is 5.52. The molecule has 1 heterocycles. The van der Waals surface area contributed by atoms with Crippen molar-refractivity contribution in [1.82, 2.24) is 0 Å². The lowest BCUT2D eigenvalue weighted by molar-refractivity contribution is -0.120. The average molecular weight is 260 g/mol. The molecule has 1 saturated carbocycles. The molecule has 1 fully saturated rings. The number of nitrogens with two attached hydrogens (primary N) is 1. The maximum Gasteiger partial charge on any atom is 0.227 e. The van der Waals surface area contributed by atoms with Crippen LogP contribution in [0.2, 0.25) is 0 Å². The van der Waals surface area contributed by atoms with Gasteiger partial charge in [-0.15, -0.1) is 0 Å². The number of carbonyl (C=O) groups excluding carboxylic acids is 1. The summed E-state index contributed by atoms with van der Waals surface area (Å²) in [6, 6.07) is 6.15. The number of anilines is 1. The number of hydrogen-bond donors (Lipinski definition) is 2. The molecule has 0 radical (unpaired) electrons. The van der Waals surface area contributed by atoms with E-state index in [0.29, 0.717) is 0 Å². The van der Waals surface area contributed by atoms with E-state index in [1.165, 1.54) is 5.56 Å². The largest absolute Gasteiger partial charge is 0.493 e. The van der Waals surface area contributed by atoms with E-state index >= 15 is 0 Å². The summed E-state index contributed by atoms with van der Waals surface area (Å²) in [4.78, 5) is 12.2. The summed E-state index contributed by atoms with van der Waals surface area (Å²) >= 11 is 0. The Morgan fingerprint density at radius 3 is 2.84 bits per heavy atom. The van der Waals surface area contributed by atoms with Gasteiger partial charge in [0.1, 0.15) is 5.75 Å². The Morgan fingerprint density at radius 1 is 1.26 bits per heavy atom. The molecule has 4 heteroatoms. The van der Waals surface area contributed by atoms with Crippen molar-refractivity contribution in [3.8, 4) is 5.75 Å². The lowest BCUT2D eigenvalue weighted by Gasteiger charge is -2.25. The lowest BCUT2D eigenvalue weighted by Crippen LogP contribution is -2.32. The predicted octanol–water partition coefficient (Wildman–Crippen LogP) is 2.08. The average Bonchev–Trinajstić information content (AvgIpc) is 2.87. The van der Waals surface area contributed by atoms with Crippen molar-refractivity contribution in [3.63, 3.8) is 0 Å². The number of benzene rings is 1. The maximum atomic E-state index is 12.2. The van der Waals surface area contributed by atoms with E-state index in [2.05, 4.69) is 5.32 Å². The molecule has 0 unspecified atom stereocenters. The molecule has 0 saturated heterocycles. The van der Waals surface area contributed by atoms with E-state index in [4.69, 9.17) is 10.5 Å². The Hall–Kier alpha value is -1.55. The third-order valence-electron chi connectivity index (χ3n) is 4.10. The summed E-state index contributed by atoms with van der Waals surface area (Å²) in [6.45, 7) is 0.743. The third-order valence-corrected chi connectivity index (χ3v) is 4.10. The molecule has 1 amide bonds. The van der Waals surface area contributed by atoms with Crippen LogP contribution in [0.25, 0.3) is 0 Å². The van der Waals surface area contributed by atoms with Crippen LogP contribution in [0, 0.1) is 5.92 Å². The fraction of sp³-hybridized carbons (Fsp3) is 0.533. The molecule has 0 aromatic heterocycles. The van der Waals surface area contributed by atoms with Crippen molar-refractivity contribution in [2.75, 3.05) is 11.9 Å². The standard InChI is InChI=1S/C15H20N2O2/c16-12-3-1-10(2-4-12)15(18)17-13-5-6-14-11(9-13)7-8-19-14/h5-6,9-10,12H,1-4,7-8,16H2,(H,17,18). The quantitative estimate of drug-likeness (QED) is 0.855. The Kier molecular flexibility index (Phi) is 3.42. The number of nitrogens with one attached hydrogen (secondary N) is 1.